The quantitative estimate of drug-likeness (QED) is 0.363. The molecule has 194 valence electrons. The fraction of sp³-hybridized carbons (Fsp3) is 0.345. The number of benzene rings is 2. The molecule has 6 rings (SSSR count). The summed E-state index contributed by atoms with van der Waals surface area (Å²) in [5.41, 5.74) is 6.68. The summed E-state index contributed by atoms with van der Waals surface area (Å²) in [6, 6.07) is 5.47. The summed E-state index contributed by atoms with van der Waals surface area (Å²) in [5, 5.41) is 11.4. The molecular weight excluding hydrogens is 488 g/mol. The van der Waals surface area contributed by atoms with Gasteiger partial charge in [-0.05, 0) is 68.8 Å². The van der Waals surface area contributed by atoms with Gasteiger partial charge < -0.3 is 15.6 Å². The summed E-state index contributed by atoms with van der Waals surface area (Å²) in [5.74, 6) is 0.886. The van der Waals surface area contributed by atoms with Crippen LogP contribution < -0.4 is 10.5 Å². The summed E-state index contributed by atoms with van der Waals surface area (Å²) in [6.45, 7) is 4.35. The number of aryl methyl sites for hydroxylation is 1. The molecule has 0 amide bonds. The molecule has 4 heterocycles. The molecule has 2 aromatic carbocycles. The largest absolute Gasteiger partial charge is 0.508 e. The van der Waals surface area contributed by atoms with E-state index in [1.54, 1.807) is 0 Å². The lowest BCUT2D eigenvalue weighted by Crippen LogP contribution is -2.43. The molecule has 2 fully saturated rings. The molecule has 2 aliphatic rings. The molecule has 0 spiro atoms. The van der Waals surface area contributed by atoms with E-state index < -0.39 is 11.6 Å². The topological polar surface area (TPSA) is 97.4 Å². The number of aromatic hydroxyl groups is 1. The van der Waals surface area contributed by atoms with Gasteiger partial charge in [0.05, 0.1) is 22.2 Å². The molecule has 38 heavy (non-hydrogen) atoms. The Morgan fingerprint density at radius 1 is 1.13 bits per heavy atom. The second-order valence-electron chi connectivity index (χ2n) is 10.1. The minimum Gasteiger partial charge on any atom is -0.508 e. The second kappa shape index (κ2) is 9.07. The van der Waals surface area contributed by atoms with Crippen LogP contribution in [0, 0.1) is 24.0 Å². The Hall–Kier alpha value is -4.03. The van der Waals surface area contributed by atoms with Crippen LogP contribution in [0.3, 0.4) is 0 Å². The maximum absolute atomic E-state index is 16.3. The molecule has 0 atom stereocenters. The van der Waals surface area contributed by atoms with Gasteiger partial charge in [-0.25, -0.2) is 13.8 Å². The lowest BCUT2D eigenvalue weighted by atomic mass is 9.95. The standard InChI is InChI=1S/C29H27F2N5O2/c1-3-18-20(30)8-7-16-13-17(37)14-19(22(16)18)25-24(31)26-23(21(4-2)33-25)27(32)35-28(34-26)38-15-29-9-5-11-36(29)12-6-10-29/h1,7-8,13-14,37H,4-6,9-12,15H2,2H3,(H2,32,34,35). The fourth-order valence-electron chi connectivity index (χ4n) is 6.16. The van der Waals surface area contributed by atoms with E-state index in [0.29, 0.717) is 29.5 Å². The average molecular weight is 516 g/mol. The molecule has 4 aromatic rings. The fourth-order valence-corrected chi connectivity index (χ4v) is 6.16. The maximum atomic E-state index is 16.3. The van der Waals surface area contributed by atoms with Crippen molar-refractivity contribution in [3.05, 3.63) is 47.2 Å². The number of terminal acetylenes is 1. The number of hydrogen-bond donors (Lipinski definition) is 2. The van der Waals surface area contributed by atoms with Crippen LogP contribution in [-0.2, 0) is 6.42 Å². The zero-order valence-electron chi connectivity index (χ0n) is 21.0. The van der Waals surface area contributed by atoms with E-state index in [0.717, 1.165) is 38.8 Å². The molecule has 0 radical (unpaired) electrons. The molecule has 2 aromatic heterocycles. The van der Waals surface area contributed by atoms with Crippen LogP contribution in [0.5, 0.6) is 11.8 Å². The van der Waals surface area contributed by atoms with Crippen LogP contribution in [0.2, 0.25) is 0 Å². The Kier molecular flexibility index (Phi) is 5.80. The third kappa shape index (κ3) is 3.71. The van der Waals surface area contributed by atoms with Gasteiger partial charge in [-0.2, -0.15) is 9.97 Å². The average Bonchev–Trinajstić information content (AvgIpc) is 3.48. The van der Waals surface area contributed by atoms with Crippen molar-refractivity contribution in [2.24, 2.45) is 0 Å². The summed E-state index contributed by atoms with van der Waals surface area (Å²) >= 11 is 0. The van der Waals surface area contributed by atoms with Crippen molar-refractivity contribution in [3.63, 3.8) is 0 Å². The van der Waals surface area contributed by atoms with E-state index in [9.17, 15) is 9.50 Å². The number of halogens is 2. The number of nitrogens with zero attached hydrogens (tertiary/aromatic N) is 4. The highest BCUT2D eigenvalue weighted by Gasteiger charge is 2.45. The normalized spacial score (nSPS) is 16.7. The molecule has 9 heteroatoms. The van der Waals surface area contributed by atoms with Crippen LogP contribution in [0.15, 0.2) is 24.3 Å². The molecule has 2 saturated heterocycles. The van der Waals surface area contributed by atoms with Gasteiger partial charge in [-0.3, -0.25) is 4.90 Å². The van der Waals surface area contributed by atoms with Gasteiger partial charge in [0, 0.05) is 10.9 Å². The van der Waals surface area contributed by atoms with E-state index in [4.69, 9.17) is 16.9 Å². The molecule has 0 bridgehead atoms. The minimum atomic E-state index is -0.781. The Morgan fingerprint density at radius 3 is 2.61 bits per heavy atom. The zero-order valence-corrected chi connectivity index (χ0v) is 21.0. The van der Waals surface area contributed by atoms with Gasteiger partial charge in [-0.15, -0.1) is 6.42 Å². The Labute approximate surface area is 218 Å². The molecule has 0 saturated carbocycles. The molecule has 0 unspecified atom stereocenters. The second-order valence-corrected chi connectivity index (χ2v) is 10.1. The molecule has 2 aliphatic heterocycles. The highest BCUT2D eigenvalue weighted by molar-refractivity contribution is 6.03. The number of hydrogen-bond acceptors (Lipinski definition) is 7. The number of anilines is 1. The van der Waals surface area contributed by atoms with Crippen LogP contribution in [0.25, 0.3) is 32.9 Å². The van der Waals surface area contributed by atoms with Crippen molar-refractivity contribution in [2.75, 3.05) is 25.4 Å². The predicted molar refractivity (Wildman–Crippen MR) is 142 cm³/mol. The smallest absolute Gasteiger partial charge is 0.319 e. The van der Waals surface area contributed by atoms with Crippen molar-refractivity contribution in [1.29, 1.82) is 0 Å². The number of nitrogens with two attached hydrogens (primary N) is 1. The van der Waals surface area contributed by atoms with Gasteiger partial charge in [0.2, 0.25) is 0 Å². The molecule has 7 nitrogen and oxygen atoms in total. The van der Waals surface area contributed by atoms with Crippen LogP contribution >= 0.6 is 0 Å². The summed E-state index contributed by atoms with van der Waals surface area (Å²) in [7, 11) is 0. The maximum Gasteiger partial charge on any atom is 0.319 e. The monoisotopic (exact) mass is 515 g/mol. The summed E-state index contributed by atoms with van der Waals surface area (Å²) in [4.78, 5) is 15.8. The Balaban J connectivity index is 1.53. The van der Waals surface area contributed by atoms with E-state index in [1.165, 1.54) is 24.3 Å². The Bertz CT molecular complexity index is 1640. The number of fused-ring (bicyclic) bond motifs is 3. The predicted octanol–water partition coefficient (Wildman–Crippen LogP) is 4.96. The van der Waals surface area contributed by atoms with Gasteiger partial charge in [-0.1, -0.05) is 18.9 Å². The van der Waals surface area contributed by atoms with Crippen molar-refractivity contribution >= 4 is 27.5 Å². The van der Waals surface area contributed by atoms with Gasteiger partial charge in [0.15, 0.2) is 5.82 Å². The van der Waals surface area contributed by atoms with Crippen LogP contribution in [0.4, 0.5) is 14.6 Å². The first-order valence-electron chi connectivity index (χ1n) is 12.8. The first-order valence-corrected chi connectivity index (χ1v) is 12.8. The number of rotatable bonds is 5. The van der Waals surface area contributed by atoms with Crippen molar-refractivity contribution in [3.8, 4) is 35.4 Å². The Morgan fingerprint density at radius 2 is 1.89 bits per heavy atom. The number of nitrogen functional groups attached to an aromatic ring is 1. The van der Waals surface area contributed by atoms with Crippen LogP contribution in [-0.4, -0.2) is 50.2 Å². The lowest BCUT2D eigenvalue weighted by molar-refractivity contribution is 0.108. The van der Waals surface area contributed by atoms with Gasteiger partial charge in [0.25, 0.3) is 0 Å². The van der Waals surface area contributed by atoms with Crippen molar-refractivity contribution in [2.45, 2.75) is 44.6 Å². The van der Waals surface area contributed by atoms with E-state index in [2.05, 4.69) is 25.8 Å². The molecule has 0 aliphatic carbocycles. The third-order valence-corrected chi connectivity index (χ3v) is 7.93. The number of ether oxygens (including phenoxy) is 1. The molecule has 3 N–H and O–H groups in total. The summed E-state index contributed by atoms with van der Waals surface area (Å²) < 4.78 is 37.0. The number of phenols is 1. The summed E-state index contributed by atoms with van der Waals surface area (Å²) in [6.07, 6.45) is 10.3. The van der Waals surface area contributed by atoms with E-state index in [1.807, 2.05) is 6.92 Å². The highest BCUT2D eigenvalue weighted by Crippen LogP contribution is 2.41. The number of phenolic OH excluding ortho intramolecular Hbond substituents is 1. The number of pyridine rings is 1. The zero-order chi connectivity index (χ0) is 26.6. The minimum absolute atomic E-state index is 0.00245. The molecular formula is C29H27F2N5O2. The number of aromatic nitrogens is 3. The van der Waals surface area contributed by atoms with Gasteiger partial charge >= 0.3 is 6.01 Å². The first kappa shape index (κ1) is 24.3. The SMILES string of the molecule is C#Cc1c(F)ccc2cc(O)cc(-c3nc(CC)c4c(N)nc(OCC56CCCN5CCC6)nc4c3F)c12. The van der Waals surface area contributed by atoms with Crippen molar-refractivity contribution < 1.29 is 18.6 Å². The van der Waals surface area contributed by atoms with Crippen molar-refractivity contribution in [1.82, 2.24) is 19.9 Å². The van der Waals surface area contributed by atoms with Crippen LogP contribution in [0.1, 0.15) is 43.9 Å². The van der Waals surface area contributed by atoms with E-state index >= 15 is 4.39 Å². The highest BCUT2D eigenvalue weighted by atomic mass is 19.1. The third-order valence-electron chi connectivity index (χ3n) is 7.93. The first-order chi connectivity index (χ1) is 18.3. The van der Waals surface area contributed by atoms with E-state index in [-0.39, 0.29) is 50.8 Å². The van der Waals surface area contributed by atoms with Gasteiger partial charge in [0.1, 0.15) is 35.2 Å². The lowest BCUT2D eigenvalue weighted by Gasteiger charge is -2.31.